The lowest BCUT2D eigenvalue weighted by Gasteiger charge is -2.29. The monoisotopic (exact) mass is 458 g/mol. The Bertz CT molecular complexity index is 1180. The highest BCUT2D eigenvalue weighted by molar-refractivity contribution is 6.24. The molecule has 0 aliphatic carbocycles. The third kappa shape index (κ3) is 3.68. The van der Waals surface area contributed by atoms with Gasteiger partial charge in [0.15, 0.2) is 6.10 Å². The van der Waals surface area contributed by atoms with Gasteiger partial charge < -0.3 is 9.47 Å². The molecule has 0 aromatic heterocycles. The first-order valence-corrected chi connectivity index (χ1v) is 11.4. The minimum Gasteiger partial charge on any atom is -0.496 e. The van der Waals surface area contributed by atoms with Crippen molar-refractivity contribution >= 4 is 23.2 Å². The molecule has 0 N–H and O–H groups in total. The molecule has 174 valence electrons. The molecule has 2 heterocycles. The number of para-hydroxylation sites is 2. The summed E-state index contributed by atoms with van der Waals surface area (Å²) in [5.41, 5.74) is 2.05. The van der Waals surface area contributed by atoms with Gasteiger partial charge in [0.25, 0.3) is 5.91 Å². The lowest BCUT2D eigenvalue weighted by molar-refractivity contribution is -0.126. The second-order valence-corrected chi connectivity index (χ2v) is 8.25. The Labute approximate surface area is 198 Å². The molecular formula is C27H26N2O5. The topological polar surface area (TPSA) is 68.3 Å². The highest BCUT2D eigenvalue weighted by Gasteiger charge is 2.60. The van der Waals surface area contributed by atoms with Gasteiger partial charge in [-0.2, -0.15) is 0 Å². The lowest BCUT2D eigenvalue weighted by Crippen LogP contribution is -2.37. The quantitative estimate of drug-likeness (QED) is 0.485. The molecule has 2 fully saturated rings. The van der Waals surface area contributed by atoms with Gasteiger partial charge in [0.2, 0.25) is 5.91 Å². The first-order chi connectivity index (χ1) is 16.6. The first kappa shape index (κ1) is 22.0. The highest BCUT2D eigenvalue weighted by Crippen LogP contribution is 2.49. The van der Waals surface area contributed by atoms with E-state index in [-0.39, 0.29) is 11.8 Å². The van der Waals surface area contributed by atoms with E-state index in [1.165, 1.54) is 4.90 Å². The fraction of sp³-hybridized carbons (Fsp3) is 0.259. The number of carbonyl (C=O) groups excluding carboxylic acids is 2. The van der Waals surface area contributed by atoms with Crippen LogP contribution in [0.4, 0.5) is 11.4 Å². The summed E-state index contributed by atoms with van der Waals surface area (Å²) in [5.74, 6) is -0.0701. The zero-order valence-corrected chi connectivity index (χ0v) is 19.1. The van der Waals surface area contributed by atoms with Crippen molar-refractivity contribution in [1.82, 2.24) is 0 Å². The maximum Gasteiger partial charge on any atom is 0.266 e. The fourth-order valence-electron chi connectivity index (χ4n) is 4.61. The van der Waals surface area contributed by atoms with E-state index in [1.807, 2.05) is 61.5 Å². The number of benzene rings is 3. The van der Waals surface area contributed by atoms with Crippen LogP contribution in [-0.4, -0.2) is 31.6 Å². The van der Waals surface area contributed by atoms with Gasteiger partial charge in [-0.3, -0.25) is 14.4 Å². The van der Waals surface area contributed by atoms with E-state index in [0.717, 1.165) is 17.7 Å². The minimum atomic E-state index is -0.932. The van der Waals surface area contributed by atoms with Crippen LogP contribution in [0.5, 0.6) is 11.5 Å². The zero-order chi connectivity index (χ0) is 23.7. The summed E-state index contributed by atoms with van der Waals surface area (Å²) in [6.45, 7) is 2.64. The predicted octanol–water partition coefficient (Wildman–Crippen LogP) is 4.54. The SMILES string of the molecule is CCCOc1ccc(N2C(=O)[C@H]3[C@H](ON(c4ccccc4)[C@H]3c3ccccc3OC)C2=O)cc1. The summed E-state index contributed by atoms with van der Waals surface area (Å²) < 4.78 is 11.2. The Morgan fingerprint density at radius 2 is 1.56 bits per heavy atom. The first-order valence-electron chi connectivity index (χ1n) is 11.4. The highest BCUT2D eigenvalue weighted by atomic mass is 16.7. The number of ether oxygens (including phenoxy) is 2. The molecule has 34 heavy (non-hydrogen) atoms. The molecule has 3 atom stereocenters. The number of methoxy groups -OCH3 is 1. The average Bonchev–Trinajstić information content (AvgIpc) is 3.39. The van der Waals surface area contributed by atoms with E-state index in [2.05, 4.69) is 0 Å². The number of carbonyl (C=O) groups is 2. The van der Waals surface area contributed by atoms with Crippen molar-refractivity contribution in [2.45, 2.75) is 25.5 Å². The van der Waals surface area contributed by atoms with Gasteiger partial charge in [-0.05, 0) is 48.9 Å². The molecular weight excluding hydrogens is 432 g/mol. The van der Waals surface area contributed by atoms with Gasteiger partial charge in [-0.25, -0.2) is 9.96 Å². The Hall–Kier alpha value is -3.84. The molecule has 2 amide bonds. The minimum absolute atomic E-state index is 0.299. The third-order valence-corrected chi connectivity index (χ3v) is 6.15. The van der Waals surface area contributed by atoms with Crippen molar-refractivity contribution in [2.24, 2.45) is 5.92 Å². The Morgan fingerprint density at radius 1 is 0.853 bits per heavy atom. The van der Waals surface area contributed by atoms with Crippen LogP contribution in [0.25, 0.3) is 0 Å². The lowest BCUT2D eigenvalue weighted by atomic mass is 9.90. The van der Waals surface area contributed by atoms with Crippen LogP contribution in [0.2, 0.25) is 0 Å². The van der Waals surface area contributed by atoms with Crippen LogP contribution in [0, 0.1) is 5.92 Å². The number of hydrogen-bond donors (Lipinski definition) is 0. The molecule has 2 aliphatic rings. The van der Waals surface area contributed by atoms with Gasteiger partial charge >= 0.3 is 0 Å². The normalized spacial score (nSPS) is 21.6. The molecule has 5 rings (SSSR count). The van der Waals surface area contributed by atoms with Gasteiger partial charge in [0, 0.05) is 5.56 Å². The van der Waals surface area contributed by atoms with E-state index in [0.29, 0.717) is 23.8 Å². The van der Waals surface area contributed by atoms with Gasteiger partial charge in [-0.15, -0.1) is 0 Å². The summed E-state index contributed by atoms with van der Waals surface area (Å²) in [6, 6.07) is 23.5. The summed E-state index contributed by atoms with van der Waals surface area (Å²) >= 11 is 0. The van der Waals surface area contributed by atoms with Crippen LogP contribution >= 0.6 is 0 Å². The summed E-state index contributed by atoms with van der Waals surface area (Å²) in [5, 5.41) is 1.67. The number of hydrogen-bond acceptors (Lipinski definition) is 6. The Morgan fingerprint density at radius 3 is 2.26 bits per heavy atom. The molecule has 2 aliphatic heterocycles. The van der Waals surface area contributed by atoms with Gasteiger partial charge in [-0.1, -0.05) is 43.3 Å². The molecule has 3 aromatic carbocycles. The van der Waals surface area contributed by atoms with E-state index >= 15 is 0 Å². The number of anilines is 2. The maximum atomic E-state index is 13.7. The second kappa shape index (κ2) is 9.19. The molecule has 7 heteroatoms. The summed E-state index contributed by atoms with van der Waals surface area (Å²) in [7, 11) is 1.59. The average molecular weight is 459 g/mol. The molecule has 7 nitrogen and oxygen atoms in total. The van der Waals surface area contributed by atoms with Crippen LogP contribution in [0.15, 0.2) is 78.9 Å². The molecule has 0 radical (unpaired) electrons. The Balaban J connectivity index is 1.52. The number of imide groups is 1. The van der Waals surface area contributed by atoms with Crippen LogP contribution < -0.4 is 19.4 Å². The van der Waals surface area contributed by atoms with E-state index in [4.69, 9.17) is 14.3 Å². The fourth-order valence-corrected chi connectivity index (χ4v) is 4.61. The smallest absolute Gasteiger partial charge is 0.266 e. The van der Waals surface area contributed by atoms with Crippen molar-refractivity contribution < 1.29 is 23.9 Å². The predicted molar refractivity (Wildman–Crippen MR) is 128 cm³/mol. The number of amides is 2. The summed E-state index contributed by atoms with van der Waals surface area (Å²) in [4.78, 5) is 34.6. The molecule has 0 saturated carbocycles. The maximum absolute atomic E-state index is 13.7. The molecule has 3 aromatic rings. The van der Waals surface area contributed by atoms with Crippen LogP contribution in [0.1, 0.15) is 24.9 Å². The van der Waals surface area contributed by atoms with Crippen molar-refractivity contribution in [3.8, 4) is 11.5 Å². The number of fused-ring (bicyclic) bond motifs is 1. The van der Waals surface area contributed by atoms with Crippen molar-refractivity contribution in [2.75, 3.05) is 23.7 Å². The molecule has 0 spiro atoms. The van der Waals surface area contributed by atoms with Gasteiger partial charge in [0.05, 0.1) is 31.1 Å². The third-order valence-electron chi connectivity index (χ3n) is 6.15. The molecule has 2 saturated heterocycles. The zero-order valence-electron chi connectivity index (χ0n) is 19.1. The number of hydroxylamine groups is 1. The molecule has 0 bridgehead atoms. The second-order valence-electron chi connectivity index (χ2n) is 8.25. The molecule has 0 unspecified atom stereocenters. The Kier molecular flexibility index (Phi) is 5.94. The largest absolute Gasteiger partial charge is 0.496 e. The summed E-state index contributed by atoms with van der Waals surface area (Å²) in [6.07, 6.45) is -0.0352. The van der Waals surface area contributed by atoms with Crippen LogP contribution in [-0.2, 0) is 14.4 Å². The van der Waals surface area contributed by atoms with Crippen molar-refractivity contribution in [1.29, 1.82) is 0 Å². The van der Waals surface area contributed by atoms with E-state index in [9.17, 15) is 9.59 Å². The van der Waals surface area contributed by atoms with Crippen LogP contribution in [0.3, 0.4) is 0 Å². The van der Waals surface area contributed by atoms with Crippen molar-refractivity contribution in [3.05, 3.63) is 84.4 Å². The standard InChI is InChI=1S/C27H26N2O5/c1-3-17-33-20-15-13-18(14-16-20)28-26(30)23-24(21-11-7-8-12-22(21)32-2)29(34-25(23)27(28)31)19-9-5-4-6-10-19/h4-16,23-25H,3,17H2,1-2H3/t23-,24+,25+/m1/s1. The number of rotatable bonds is 7. The van der Waals surface area contributed by atoms with Crippen molar-refractivity contribution in [3.63, 3.8) is 0 Å². The van der Waals surface area contributed by atoms with E-state index in [1.54, 1.807) is 36.4 Å². The van der Waals surface area contributed by atoms with E-state index < -0.39 is 18.1 Å². The number of nitrogens with zero attached hydrogens (tertiary/aromatic N) is 2. The van der Waals surface area contributed by atoms with Gasteiger partial charge in [0.1, 0.15) is 17.4 Å².